The maximum atomic E-state index is 12.8. The van der Waals surface area contributed by atoms with Gasteiger partial charge in [0, 0.05) is 37.4 Å². The second kappa shape index (κ2) is 8.00. The molecule has 1 aliphatic rings. The van der Waals surface area contributed by atoms with E-state index in [1.165, 1.54) is 12.1 Å². The van der Waals surface area contributed by atoms with Crippen molar-refractivity contribution in [1.29, 1.82) is 0 Å². The highest BCUT2D eigenvalue weighted by atomic mass is 16.3. The summed E-state index contributed by atoms with van der Waals surface area (Å²) in [7, 11) is 2.01. The van der Waals surface area contributed by atoms with Crippen LogP contribution in [0.15, 0.2) is 58.1 Å². The van der Waals surface area contributed by atoms with Crippen LogP contribution < -0.4 is 21.5 Å². The molecule has 3 aromatic rings. The fourth-order valence-corrected chi connectivity index (χ4v) is 3.39. The number of carbonyl (C=O) groups is 1. The first-order valence-corrected chi connectivity index (χ1v) is 9.67. The number of aromatic hydroxyl groups is 1. The first-order chi connectivity index (χ1) is 14.4. The van der Waals surface area contributed by atoms with E-state index >= 15 is 0 Å². The first-order valence-electron chi connectivity index (χ1n) is 9.67. The average molecular weight is 406 g/mol. The van der Waals surface area contributed by atoms with Gasteiger partial charge in [0.15, 0.2) is 0 Å². The van der Waals surface area contributed by atoms with E-state index in [0.717, 1.165) is 13.1 Å². The predicted octanol–water partition coefficient (Wildman–Crippen LogP) is 1.86. The Kier molecular flexibility index (Phi) is 5.24. The minimum atomic E-state index is -0.677. The molecule has 0 spiro atoms. The van der Waals surface area contributed by atoms with Crippen LogP contribution in [0, 0.1) is 0 Å². The Morgan fingerprint density at radius 3 is 2.20 bits per heavy atom. The van der Waals surface area contributed by atoms with Gasteiger partial charge in [0.25, 0.3) is 16.8 Å². The number of amides is 1. The second-order valence-corrected chi connectivity index (χ2v) is 7.35. The van der Waals surface area contributed by atoms with E-state index in [2.05, 4.69) is 15.5 Å². The van der Waals surface area contributed by atoms with E-state index in [1.54, 1.807) is 35.2 Å². The van der Waals surface area contributed by atoms with Crippen LogP contribution in [0.1, 0.15) is 10.4 Å². The summed E-state index contributed by atoms with van der Waals surface area (Å²) in [6.45, 7) is 2.85. The molecule has 1 fully saturated rings. The summed E-state index contributed by atoms with van der Waals surface area (Å²) < 4.78 is 0. The molecule has 0 radical (unpaired) electrons. The second-order valence-electron chi connectivity index (χ2n) is 7.35. The number of hydrogen-bond acceptors (Lipinski definition) is 7. The number of anilines is 4. The van der Waals surface area contributed by atoms with Gasteiger partial charge in [-0.25, -0.2) is 0 Å². The van der Waals surface area contributed by atoms with Crippen molar-refractivity contribution in [3.05, 3.63) is 74.5 Å². The number of nitrogens with one attached hydrogen (secondary N) is 2. The van der Waals surface area contributed by atoms with Crippen LogP contribution in [-0.2, 0) is 0 Å². The van der Waals surface area contributed by atoms with Gasteiger partial charge in [0.1, 0.15) is 17.1 Å². The summed E-state index contributed by atoms with van der Waals surface area (Å²) in [5, 5.41) is 16.0. The topological polar surface area (TPSA) is 102 Å². The smallest absolute Gasteiger partial charge is 0.254 e. The van der Waals surface area contributed by atoms with E-state index in [1.807, 2.05) is 13.1 Å². The van der Waals surface area contributed by atoms with E-state index in [4.69, 9.17) is 0 Å². The van der Waals surface area contributed by atoms with Crippen LogP contribution in [0.25, 0.3) is 0 Å². The van der Waals surface area contributed by atoms with Crippen molar-refractivity contribution in [2.24, 2.45) is 0 Å². The number of phenols is 1. The molecule has 0 atom stereocenters. The molecule has 0 unspecified atom stereocenters. The summed E-state index contributed by atoms with van der Waals surface area (Å²) >= 11 is 0. The zero-order valence-corrected chi connectivity index (χ0v) is 16.5. The molecule has 8 heteroatoms. The molecule has 3 N–H and O–H groups in total. The van der Waals surface area contributed by atoms with Crippen LogP contribution in [-0.4, -0.2) is 54.0 Å². The minimum Gasteiger partial charge on any atom is -0.506 e. The number of phenolic OH excluding ortho intramolecular Hbond substituents is 1. The Bertz CT molecular complexity index is 1140. The Hall–Kier alpha value is -3.65. The Morgan fingerprint density at radius 2 is 1.53 bits per heavy atom. The van der Waals surface area contributed by atoms with Crippen molar-refractivity contribution < 1.29 is 9.90 Å². The van der Waals surface area contributed by atoms with Gasteiger partial charge in [-0.05, 0) is 37.4 Å². The largest absolute Gasteiger partial charge is 0.506 e. The zero-order chi connectivity index (χ0) is 21.3. The molecule has 0 bridgehead atoms. The van der Waals surface area contributed by atoms with Crippen LogP contribution >= 0.6 is 0 Å². The highest BCUT2D eigenvalue weighted by Crippen LogP contribution is 2.31. The molecule has 1 heterocycles. The molecule has 3 aromatic carbocycles. The summed E-state index contributed by atoms with van der Waals surface area (Å²) in [4.78, 5) is 40.9. The van der Waals surface area contributed by atoms with Crippen LogP contribution in [0.5, 0.6) is 5.75 Å². The van der Waals surface area contributed by atoms with E-state index in [-0.39, 0.29) is 28.7 Å². The van der Waals surface area contributed by atoms with Crippen LogP contribution in [0.4, 0.5) is 22.7 Å². The average Bonchev–Trinajstić information content (AvgIpc) is 2.77. The quantitative estimate of drug-likeness (QED) is 0.439. The van der Waals surface area contributed by atoms with Crippen molar-refractivity contribution in [3.63, 3.8) is 0 Å². The predicted molar refractivity (Wildman–Crippen MR) is 116 cm³/mol. The van der Waals surface area contributed by atoms with Crippen molar-refractivity contribution in [1.82, 2.24) is 9.80 Å². The lowest BCUT2D eigenvalue weighted by atomic mass is 10.1. The summed E-state index contributed by atoms with van der Waals surface area (Å²) in [5.41, 5.74) is 0.129. The van der Waals surface area contributed by atoms with Gasteiger partial charge in [0.2, 0.25) is 0 Å². The van der Waals surface area contributed by atoms with Crippen molar-refractivity contribution in [2.45, 2.75) is 0 Å². The third-order valence-electron chi connectivity index (χ3n) is 5.25. The lowest BCUT2D eigenvalue weighted by Gasteiger charge is -2.32. The number of nitrogens with zero attached hydrogens (tertiary/aromatic N) is 2. The molecule has 0 saturated carbocycles. The van der Waals surface area contributed by atoms with Gasteiger partial charge in [-0.1, -0.05) is 18.2 Å². The number of para-hydroxylation sites is 1. The molecular formula is C22H22N4O4. The Morgan fingerprint density at radius 1 is 0.900 bits per heavy atom. The molecular weight excluding hydrogens is 384 g/mol. The first kappa shape index (κ1) is 19.7. The van der Waals surface area contributed by atoms with Crippen molar-refractivity contribution >= 4 is 28.7 Å². The fourth-order valence-electron chi connectivity index (χ4n) is 3.39. The Balaban J connectivity index is 1.57. The zero-order valence-electron chi connectivity index (χ0n) is 16.5. The van der Waals surface area contributed by atoms with Gasteiger partial charge in [0.05, 0.1) is 5.69 Å². The maximum absolute atomic E-state index is 12.8. The molecule has 1 aliphatic heterocycles. The number of piperazine rings is 1. The number of benzene rings is 2. The lowest BCUT2D eigenvalue weighted by Crippen LogP contribution is -2.47. The maximum Gasteiger partial charge on any atom is 0.254 e. The number of likely N-dealkylation sites (N-methyl/N-ethyl adjacent to an activating group) is 1. The van der Waals surface area contributed by atoms with Gasteiger partial charge < -0.3 is 25.5 Å². The van der Waals surface area contributed by atoms with Gasteiger partial charge in [-0.15, -0.1) is 0 Å². The number of rotatable bonds is 5. The standard InChI is InChI=1S/C22H22N4O4/c1-25-9-11-26(12-10-25)22(30)14-7-8-17(27)16(13-14)24-19-18(20(28)21(19)29)23-15-5-3-2-4-6-15/h2-8,13,23-24,27H,9-12H2,1H3. The lowest BCUT2D eigenvalue weighted by molar-refractivity contribution is 0.0664. The number of hydrogen-bond donors (Lipinski definition) is 3. The molecule has 8 nitrogen and oxygen atoms in total. The molecule has 1 saturated heterocycles. The highest BCUT2D eigenvalue weighted by molar-refractivity contribution is 5.96. The molecule has 154 valence electrons. The van der Waals surface area contributed by atoms with Gasteiger partial charge >= 0.3 is 0 Å². The SMILES string of the molecule is CN1CCN(C(=O)c2ccc(O)c(Nc3c(Nc4ccccc4)c(=O)c3=O)c2)CC1. The van der Waals surface area contributed by atoms with Gasteiger partial charge in [-0.2, -0.15) is 0 Å². The summed E-state index contributed by atoms with van der Waals surface area (Å²) in [5.74, 6) is -0.262. The monoisotopic (exact) mass is 406 g/mol. The third-order valence-corrected chi connectivity index (χ3v) is 5.25. The van der Waals surface area contributed by atoms with Crippen molar-refractivity contribution in [2.75, 3.05) is 43.9 Å². The molecule has 0 aliphatic carbocycles. The van der Waals surface area contributed by atoms with Crippen LogP contribution in [0.2, 0.25) is 0 Å². The van der Waals surface area contributed by atoms with E-state index in [9.17, 15) is 19.5 Å². The summed E-state index contributed by atoms with van der Waals surface area (Å²) in [6.07, 6.45) is 0. The Labute approximate surface area is 173 Å². The molecule has 30 heavy (non-hydrogen) atoms. The minimum absolute atomic E-state index is 0.0587. The van der Waals surface area contributed by atoms with Gasteiger partial charge in [-0.3, -0.25) is 14.4 Å². The normalized spacial score (nSPS) is 14.6. The van der Waals surface area contributed by atoms with E-state index in [0.29, 0.717) is 24.3 Å². The highest BCUT2D eigenvalue weighted by Gasteiger charge is 2.24. The van der Waals surface area contributed by atoms with Crippen molar-refractivity contribution in [3.8, 4) is 5.75 Å². The molecule has 4 rings (SSSR count). The molecule has 1 amide bonds. The van der Waals surface area contributed by atoms with E-state index < -0.39 is 10.9 Å². The molecule has 0 aromatic heterocycles. The number of carbonyl (C=O) groups excluding carboxylic acids is 1. The van der Waals surface area contributed by atoms with Crippen LogP contribution in [0.3, 0.4) is 0 Å². The summed E-state index contributed by atoms with van der Waals surface area (Å²) in [6, 6.07) is 13.4. The third kappa shape index (κ3) is 3.77. The fraction of sp³-hybridized carbons (Fsp3) is 0.227.